The van der Waals surface area contributed by atoms with Crippen molar-refractivity contribution in [2.75, 3.05) is 33.7 Å². The number of unbranched alkanes of at least 4 members (excludes halogenated alkanes) is 1. The maximum atomic E-state index is 4.02. The van der Waals surface area contributed by atoms with Gasteiger partial charge in [0.25, 0.3) is 0 Å². The minimum Gasteiger partial charge on any atom is -0.309 e. The first-order valence-corrected chi connectivity index (χ1v) is 4.50. The molecule has 0 aromatic rings. The summed E-state index contributed by atoms with van der Waals surface area (Å²) in [4.78, 5) is 10.1. The van der Waals surface area contributed by atoms with Crippen molar-refractivity contribution in [1.82, 2.24) is 4.90 Å². The van der Waals surface area contributed by atoms with Crippen LogP contribution in [0.15, 0.2) is 9.98 Å². The van der Waals surface area contributed by atoms with E-state index >= 15 is 0 Å². The molecule has 0 atom stereocenters. The zero-order chi connectivity index (χ0) is 9.23. The van der Waals surface area contributed by atoms with E-state index in [9.17, 15) is 0 Å². The van der Waals surface area contributed by atoms with Gasteiger partial charge >= 0.3 is 0 Å². The monoisotopic (exact) mass is 205 g/mol. The molecule has 0 saturated carbocycles. The lowest BCUT2D eigenvalue weighted by molar-refractivity contribution is 0.396. The number of rotatable bonds is 6. The van der Waals surface area contributed by atoms with Crippen molar-refractivity contribution < 1.29 is 0 Å². The van der Waals surface area contributed by atoms with Gasteiger partial charge in [-0.1, -0.05) is 0 Å². The number of nitrogens with zero attached hydrogens (tertiary/aromatic N) is 3. The topological polar surface area (TPSA) is 28.0 Å². The summed E-state index contributed by atoms with van der Waals surface area (Å²) < 4.78 is 0. The predicted octanol–water partition coefficient (Wildman–Crippen LogP) is 1.94. The molecular formula is C9H20ClN3. The van der Waals surface area contributed by atoms with Crippen molar-refractivity contribution in [3.63, 3.8) is 0 Å². The van der Waals surface area contributed by atoms with Crippen molar-refractivity contribution in [2.45, 2.75) is 19.8 Å². The van der Waals surface area contributed by atoms with Crippen molar-refractivity contribution in [3.8, 4) is 0 Å². The van der Waals surface area contributed by atoms with Crippen molar-refractivity contribution >= 4 is 18.4 Å². The Balaban J connectivity index is 0. The fraction of sp³-hybridized carbons (Fsp3) is 0.889. The highest BCUT2D eigenvalue weighted by atomic mass is 35.5. The third kappa shape index (κ3) is 14.5. The Morgan fingerprint density at radius 2 is 1.85 bits per heavy atom. The smallest absolute Gasteiger partial charge is 0.0892 e. The zero-order valence-electron chi connectivity index (χ0n) is 8.79. The highest BCUT2D eigenvalue weighted by Gasteiger charge is 1.88. The van der Waals surface area contributed by atoms with Crippen LogP contribution in [0.4, 0.5) is 0 Å². The van der Waals surface area contributed by atoms with Crippen LogP contribution in [-0.4, -0.2) is 44.6 Å². The summed E-state index contributed by atoms with van der Waals surface area (Å²) in [5.41, 5.74) is 0. The predicted molar refractivity (Wildman–Crippen MR) is 60.3 cm³/mol. The van der Waals surface area contributed by atoms with Crippen LogP contribution in [-0.2, 0) is 0 Å². The second-order valence-corrected chi connectivity index (χ2v) is 2.97. The Labute approximate surface area is 87.4 Å². The Morgan fingerprint density at radius 3 is 2.38 bits per heavy atom. The van der Waals surface area contributed by atoms with E-state index in [1.807, 2.05) is 6.92 Å². The van der Waals surface area contributed by atoms with E-state index in [1.54, 1.807) is 0 Å². The van der Waals surface area contributed by atoms with Crippen molar-refractivity contribution in [1.29, 1.82) is 0 Å². The molecule has 0 rings (SSSR count). The van der Waals surface area contributed by atoms with Gasteiger partial charge in [-0.05, 0) is 40.4 Å². The molecule has 0 amide bonds. The van der Waals surface area contributed by atoms with E-state index in [0.29, 0.717) is 0 Å². The van der Waals surface area contributed by atoms with E-state index in [-0.39, 0.29) is 12.4 Å². The summed E-state index contributed by atoms with van der Waals surface area (Å²) >= 11 is 0. The van der Waals surface area contributed by atoms with E-state index in [4.69, 9.17) is 0 Å². The summed E-state index contributed by atoms with van der Waals surface area (Å²) in [6.07, 6.45) is 2.33. The molecule has 0 N–H and O–H groups in total. The first-order valence-electron chi connectivity index (χ1n) is 4.50. The molecule has 0 heterocycles. The average Bonchev–Trinajstić information content (AvgIpc) is 2.02. The molecule has 0 aliphatic carbocycles. The number of aliphatic imine (C=N–C) groups is 2. The summed E-state index contributed by atoms with van der Waals surface area (Å²) in [5.74, 6) is 0. The van der Waals surface area contributed by atoms with Crippen LogP contribution in [0.2, 0.25) is 0 Å². The third-order valence-electron chi connectivity index (χ3n) is 1.42. The van der Waals surface area contributed by atoms with Gasteiger partial charge in [-0.3, -0.25) is 0 Å². The van der Waals surface area contributed by atoms with Gasteiger partial charge in [-0.25, -0.2) is 9.98 Å². The van der Waals surface area contributed by atoms with Crippen LogP contribution in [0.25, 0.3) is 0 Å². The van der Waals surface area contributed by atoms with E-state index in [1.165, 1.54) is 6.42 Å². The second-order valence-electron chi connectivity index (χ2n) is 2.97. The molecule has 0 spiro atoms. The normalized spacial score (nSPS) is 8.92. The lowest BCUT2D eigenvalue weighted by Gasteiger charge is -2.06. The van der Waals surface area contributed by atoms with Gasteiger partial charge in [0.2, 0.25) is 0 Å². The maximum Gasteiger partial charge on any atom is 0.0892 e. The van der Waals surface area contributed by atoms with E-state index in [2.05, 4.69) is 35.0 Å². The van der Waals surface area contributed by atoms with Gasteiger partial charge in [0.15, 0.2) is 0 Å². The van der Waals surface area contributed by atoms with E-state index < -0.39 is 0 Å². The molecule has 0 aromatic heterocycles. The molecule has 4 heteroatoms. The summed E-state index contributed by atoms with van der Waals surface area (Å²) in [5, 5.41) is 0. The lowest BCUT2D eigenvalue weighted by Crippen LogP contribution is -2.12. The van der Waals surface area contributed by atoms with Gasteiger partial charge in [-0.15, -0.1) is 12.4 Å². The molecule has 3 nitrogen and oxygen atoms in total. The first kappa shape index (κ1) is 15.1. The molecule has 0 unspecified atom stereocenters. The second kappa shape index (κ2) is 11.6. The summed E-state index contributed by atoms with van der Waals surface area (Å²) in [6.45, 7) is 4.76. The van der Waals surface area contributed by atoms with Gasteiger partial charge in [-0.2, -0.15) is 0 Å². The molecule has 0 aliphatic rings. The number of hydrogen-bond acceptors (Lipinski definition) is 3. The van der Waals surface area contributed by atoms with Crippen molar-refractivity contribution in [3.05, 3.63) is 0 Å². The first-order chi connectivity index (χ1) is 5.77. The quantitative estimate of drug-likeness (QED) is 0.481. The fourth-order valence-electron chi connectivity index (χ4n) is 0.790. The van der Waals surface area contributed by atoms with Gasteiger partial charge in [0, 0.05) is 13.1 Å². The molecule has 0 aromatic carbocycles. The average molecular weight is 206 g/mol. The van der Waals surface area contributed by atoms with Gasteiger partial charge < -0.3 is 4.90 Å². The minimum absolute atomic E-state index is 0. The fourth-order valence-corrected chi connectivity index (χ4v) is 0.790. The molecule has 0 bridgehead atoms. The maximum absolute atomic E-state index is 4.02. The zero-order valence-corrected chi connectivity index (χ0v) is 9.60. The molecule has 13 heavy (non-hydrogen) atoms. The molecule has 0 fully saturated rings. The van der Waals surface area contributed by atoms with Gasteiger partial charge in [0.1, 0.15) is 0 Å². The summed E-state index contributed by atoms with van der Waals surface area (Å²) in [6, 6.07) is 2.66. The van der Waals surface area contributed by atoms with Crippen LogP contribution in [0.1, 0.15) is 19.8 Å². The Morgan fingerprint density at radius 1 is 1.15 bits per heavy atom. The van der Waals surface area contributed by atoms with Crippen LogP contribution in [0, 0.1) is 0 Å². The van der Waals surface area contributed by atoms with Crippen LogP contribution in [0.5, 0.6) is 0 Å². The van der Waals surface area contributed by atoms with Gasteiger partial charge in [0.05, 0.1) is 6.01 Å². The van der Waals surface area contributed by atoms with E-state index in [0.717, 1.165) is 26.1 Å². The molecule has 78 valence electrons. The largest absolute Gasteiger partial charge is 0.309 e. The van der Waals surface area contributed by atoms with Crippen LogP contribution in [0.3, 0.4) is 0 Å². The molecular weight excluding hydrogens is 186 g/mol. The highest BCUT2D eigenvalue weighted by Crippen LogP contribution is 1.90. The SMILES string of the molecule is CCN=C=NCCCCN(C)C.Cl. The molecule has 0 saturated heterocycles. The lowest BCUT2D eigenvalue weighted by atomic mass is 10.3. The highest BCUT2D eigenvalue weighted by molar-refractivity contribution is 5.85. The summed E-state index contributed by atoms with van der Waals surface area (Å²) in [7, 11) is 4.17. The molecule has 0 radical (unpaired) electrons. The molecule has 0 aliphatic heterocycles. The number of hydrogen-bond donors (Lipinski definition) is 0. The Hall–Kier alpha value is -0.370. The van der Waals surface area contributed by atoms with Crippen LogP contribution >= 0.6 is 12.4 Å². The minimum atomic E-state index is 0. The number of halogens is 1. The Bertz CT molecular complexity index is 151. The van der Waals surface area contributed by atoms with Crippen molar-refractivity contribution in [2.24, 2.45) is 9.98 Å². The third-order valence-corrected chi connectivity index (χ3v) is 1.42. The standard InChI is InChI=1S/C9H19N3.ClH/c1-4-10-9-11-7-5-6-8-12(2)3;/h4-8H2,1-3H3;1H. The Kier molecular flexibility index (Phi) is 13.5. The van der Waals surface area contributed by atoms with Crippen LogP contribution < -0.4 is 0 Å².